The number of hydrogen-bond acceptors (Lipinski definition) is 3. The summed E-state index contributed by atoms with van der Waals surface area (Å²) in [7, 11) is -3.21. The first-order valence-corrected chi connectivity index (χ1v) is 9.90. The summed E-state index contributed by atoms with van der Waals surface area (Å²) in [6.07, 6.45) is 1.68. The number of rotatable bonds is 4. The van der Waals surface area contributed by atoms with E-state index < -0.39 is 14.8 Å². The Balaban J connectivity index is 1.88. The second-order valence-corrected chi connectivity index (χ2v) is 10.4. The number of sulfonamides is 1. The molecule has 23 heavy (non-hydrogen) atoms. The van der Waals surface area contributed by atoms with Crippen LogP contribution in [0.4, 0.5) is 0 Å². The smallest absolute Gasteiger partial charge is 0.219 e. The summed E-state index contributed by atoms with van der Waals surface area (Å²) in [5, 5.41) is 4.28. The van der Waals surface area contributed by atoms with Crippen molar-refractivity contribution >= 4 is 21.6 Å². The van der Waals surface area contributed by atoms with Crippen LogP contribution in [0.3, 0.4) is 0 Å². The van der Waals surface area contributed by atoms with Crippen molar-refractivity contribution in [3.05, 3.63) is 34.3 Å². The maximum atomic E-state index is 12.5. The molecule has 0 atom stereocenters. The molecule has 0 bridgehead atoms. The minimum atomic E-state index is -3.21. The minimum Gasteiger partial charge on any atom is -0.310 e. The zero-order chi connectivity index (χ0) is 17.3. The molecule has 0 radical (unpaired) electrons. The predicted molar refractivity (Wildman–Crippen MR) is 96.3 cm³/mol. The number of nitrogens with zero attached hydrogens (tertiary/aromatic N) is 1. The average molecular weight is 359 g/mol. The normalized spacial score (nSPS) is 18.3. The molecular formula is C17H27ClN2O2S. The Hall–Kier alpha value is -0.620. The van der Waals surface area contributed by atoms with Crippen LogP contribution in [-0.2, 0) is 16.6 Å². The zero-order valence-corrected chi connectivity index (χ0v) is 16.0. The summed E-state index contributed by atoms with van der Waals surface area (Å²) in [4.78, 5) is 0. The van der Waals surface area contributed by atoms with E-state index in [9.17, 15) is 8.42 Å². The predicted octanol–water partition coefficient (Wildman–Crippen LogP) is 3.33. The molecule has 1 aliphatic heterocycles. The summed E-state index contributed by atoms with van der Waals surface area (Å²) in [6, 6.07) is 6.39. The standard InChI is InChI=1S/C17H27ClN2O2S/c1-13-9-14(11-15(18)10-13)12-19-16-5-7-20(8-6-16)23(21,22)17(2,3)4/h9-11,16,19H,5-8,12H2,1-4H3. The summed E-state index contributed by atoms with van der Waals surface area (Å²) in [5.41, 5.74) is 2.32. The van der Waals surface area contributed by atoms with E-state index in [0.29, 0.717) is 19.1 Å². The second kappa shape index (κ2) is 7.09. The van der Waals surface area contributed by atoms with E-state index in [-0.39, 0.29) is 0 Å². The maximum Gasteiger partial charge on any atom is 0.219 e. The van der Waals surface area contributed by atoms with E-state index in [2.05, 4.69) is 11.4 Å². The number of hydrogen-bond donors (Lipinski definition) is 1. The van der Waals surface area contributed by atoms with E-state index in [0.717, 1.165) is 30.0 Å². The van der Waals surface area contributed by atoms with Gasteiger partial charge in [-0.05, 0) is 63.8 Å². The number of nitrogens with one attached hydrogen (secondary N) is 1. The Labute approximate surface area is 145 Å². The van der Waals surface area contributed by atoms with Gasteiger partial charge < -0.3 is 5.32 Å². The van der Waals surface area contributed by atoms with Gasteiger partial charge in [0.1, 0.15) is 0 Å². The highest BCUT2D eigenvalue weighted by Crippen LogP contribution is 2.24. The summed E-state index contributed by atoms with van der Waals surface area (Å²) in [5.74, 6) is 0. The lowest BCUT2D eigenvalue weighted by molar-refractivity contribution is 0.283. The van der Waals surface area contributed by atoms with Crippen LogP contribution in [0.1, 0.15) is 44.7 Å². The van der Waals surface area contributed by atoms with Crippen LogP contribution in [0.15, 0.2) is 18.2 Å². The molecule has 0 spiro atoms. The number of aryl methyl sites for hydroxylation is 1. The third-order valence-electron chi connectivity index (χ3n) is 4.26. The Morgan fingerprint density at radius 1 is 1.22 bits per heavy atom. The van der Waals surface area contributed by atoms with Crippen molar-refractivity contribution in [2.75, 3.05) is 13.1 Å². The van der Waals surface area contributed by atoms with Crippen LogP contribution in [0.2, 0.25) is 5.02 Å². The van der Waals surface area contributed by atoms with Gasteiger partial charge in [0.25, 0.3) is 0 Å². The highest BCUT2D eigenvalue weighted by atomic mass is 35.5. The Morgan fingerprint density at radius 3 is 2.35 bits per heavy atom. The fourth-order valence-corrected chi connectivity index (χ4v) is 4.64. The number of benzene rings is 1. The monoisotopic (exact) mass is 358 g/mol. The zero-order valence-electron chi connectivity index (χ0n) is 14.4. The van der Waals surface area contributed by atoms with Crippen molar-refractivity contribution < 1.29 is 8.42 Å². The molecule has 1 aromatic carbocycles. The van der Waals surface area contributed by atoms with Crippen molar-refractivity contribution in [3.63, 3.8) is 0 Å². The molecule has 1 aliphatic rings. The first-order valence-electron chi connectivity index (χ1n) is 8.09. The molecule has 130 valence electrons. The molecule has 1 heterocycles. The van der Waals surface area contributed by atoms with Gasteiger partial charge in [-0.1, -0.05) is 17.7 Å². The molecule has 0 saturated carbocycles. The van der Waals surface area contributed by atoms with Crippen LogP contribution in [0.5, 0.6) is 0 Å². The fraction of sp³-hybridized carbons (Fsp3) is 0.647. The molecule has 1 fully saturated rings. The van der Waals surface area contributed by atoms with E-state index in [1.165, 1.54) is 5.56 Å². The van der Waals surface area contributed by atoms with Gasteiger partial charge in [0.2, 0.25) is 10.0 Å². The van der Waals surface area contributed by atoms with Crippen molar-refractivity contribution in [2.45, 2.75) is 57.9 Å². The molecule has 1 saturated heterocycles. The van der Waals surface area contributed by atoms with Crippen LogP contribution in [0, 0.1) is 6.92 Å². The van der Waals surface area contributed by atoms with Gasteiger partial charge in [0.05, 0.1) is 4.75 Å². The summed E-state index contributed by atoms with van der Waals surface area (Å²) in [6.45, 7) is 9.25. The summed E-state index contributed by atoms with van der Waals surface area (Å²) < 4.78 is 25.8. The molecule has 6 heteroatoms. The molecule has 0 amide bonds. The fourth-order valence-electron chi connectivity index (χ4n) is 2.86. The largest absolute Gasteiger partial charge is 0.310 e. The average Bonchev–Trinajstić information content (AvgIpc) is 2.43. The molecule has 0 aromatic heterocycles. The van der Waals surface area contributed by atoms with E-state index in [1.807, 2.05) is 19.1 Å². The number of halogens is 1. The van der Waals surface area contributed by atoms with E-state index in [1.54, 1.807) is 25.1 Å². The lowest BCUT2D eigenvalue weighted by Crippen LogP contribution is -2.49. The molecule has 2 rings (SSSR count). The Kier molecular flexibility index (Phi) is 5.77. The van der Waals surface area contributed by atoms with Crippen LogP contribution in [0.25, 0.3) is 0 Å². The van der Waals surface area contributed by atoms with Gasteiger partial charge in [0, 0.05) is 30.7 Å². The van der Waals surface area contributed by atoms with Gasteiger partial charge in [-0.3, -0.25) is 0 Å². The topological polar surface area (TPSA) is 49.4 Å². The van der Waals surface area contributed by atoms with Gasteiger partial charge in [-0.2, -0.15) is 0 Å². The van der Waals surface area contributed by atoms with Crippen LogP contribution >= 0.6 is 11.6 Å². The van der Waals surface area contributed by atoms with Gasteiger partial charge >= 0.3 is 0 Å². The Morgan fingerprint density at radius 2 is 1.83 bits per heavy atom. The molecule has 0 aliphatic carbocycles. The van der Waals surface area contributed by atoms with Crippen molar-refractivity contribution in [2.24, 2.45) is 0 Å². The lowest BCUT2D eigenvalue weighted by atomic mass is 10.1. The highest BCUT2D eigenvalue weighted by molar-refractivity contribution is 7.90. The van der Waals surface area contributed by atoms with E-state index in [4.69, 9.17) is 11.6 Å². The maximum absolute atomic E-state index is 12.5. The molecule has 1 aromatic rings. The number of piperidine rings is 1. The van der Waals surface area contributed by atoms with Gasteiger partial charge in [-0.25, -0.2) is 12.7 Å². The summed E-state index contributed by atoms with van der Waals surface area (Å²) >= 11 is 6.08. The second-order valence-electron chi connectivity index (χ2n) is 7.31. The van der Waals surface area contributed by atoms with Gasteiger partial charge in [0.15, 0.2) is 0 Å². The molecule has 4 nitrogen and oxygen atoms in total. The SMILES string of the molecule is Cc1cc(Cl)cc(CNC2CCN(S(=O)(=O)C(C)(C)C)CC2)c1. The van der Waals surface area contributed by atoms with Crippen molar-refractivity contribution in [3.8, 4) is 0 Å². The molecule has 1 N–H and O–H groups in total. The Bertz CT molecular complexity index is 625. The van der Waals surface area contributed by atoms with Crippen LogP contribution in [-0.4, -0.2) is 36.6 Å². The molecule has 0 unspecified atom stereocenters. The third-order valence-corrected chi connectivity index (χ3v) is 7.08. The quantitative estimate of drug-likeness (QED) is 0.898. The molecular weight excluding hydrogens is 332 g/mol. The van der Waals surface area contributed by atoms with Crippen molar-refractivity contribution in [1.82, 2.24) is 9.62 Å². The first-order chi connectivity index (χ1) is 10.6. The minimum absolute atomic E-state index is 0.348. The van der Waals surface area contributed by atoms with E-state index >= 15 is 0 Å². The van der Waals surface area contributed by atoms with Gasteiger partial charge in [-0.15, -0.1) is 0 Å². The first kappa shape index (κ1) is 18.7. The van der Waals surface area contributed by atoms with Crippen molar-refractivity contribution in [1.29, 1.82) is 0 Å². The lowest BCUT2D eigenvalue weighted by Gasteiger charge is -2.35. The van der Waals surface area contributed by atoms with Crippen LogP contribution < -0.4 is 5.32 Å². The highest BCUT2D eigenvalue weighted by Gasteiger charge is 2.37. The third kappa shape index (κ3) is 4.69.